The molecule has 3 rings (SSSR count). The van der Waals surface area contributed by atoms with Crippen LogP contribution in [0.2, 0.25) is 0 Å². The lowest BCUT2D eigenvalue weighted by Crippen LogP contribution is -2.35. The lowest BCUT2D eigenvalue weighted by Gasteiger charge is -2.30. The molecule has 5 nitrogen and oxygen atoms in total. The van der Waals surface area contributed by atoms with Gasteiger partial charge in [-0.15, -0.1) is 11.3 Å². The van der Waals surface area contributed by atoms with Gasteiger partial charge in [-0.25, -0.2) is 0 Å². The highest BCUT2D eigenvalue weighted by atomic mass is 32.1. The SMILES string of the molecule is CC(C)N1CCc2c(sc(NC(=O)C3CCCC3)c2C(N)=O)C1. The van der Waals surface area contributed by atoms with Crippen LogP contribution in [-0.4, -0.2) is 29.3 Å². The monoisotopic (exact) mass is 335 g/mol. The van der Waals surface area contributed by atoms with E-state index in [2.05, 4.69) is 24.1 Å². The fourth-order valence-electron chi connectivity index (χ4n) is 3.61. The van der Waals surface area contributed by atoms with Gasteiger partial charge >= 0.3 is 0 Å². The summed E-state index contributed by atoms with van der Waals surface area (Å²) in [5.74, 6) is -0.298. The van der Waals surface area contributed by atoms with Crippen molar-refractivity contribution in [2.45, 2.75) is 58.5 Å². The Balaban J connectivity index is 1.85. The minimum atomic E-state index is -0.429. The van der Waals surface area contributed by atoms with E-state index >= 15 is 0 Å². The molecular weight excluding hydrogens is 310 g/mol. The maximum Gasteiger partial charge on any atom is 0.251 e. The van der Waals surface area contributed by atoms with E-state index in [1.54, 1.807) is 0 Å². The highest BCUT2D eigenvalue weighted by Gasteiger charge is 2.30. The van der Waals surface area contributed by atoms with Gasteiger partial charge in [0.2, 0.25) is 5.91 Å². The van der Waals surface area contributed by atoms with Crippen molar-refractivity contribution in [3.05, 3.63) is 16.0 Å². The summed E-state index contributed by atoms with van der Waals surface area (Å²) < 4.78 is 0. The number of anilines is 1. The molecule has 1 fully saturated rings. The molecule has 126 valence electrons. The minimum absolute atomic E-state index is 0.0457. The smallest absolute Gasteiger partial charge is 0.251 e. The second-order valence-corrected chi connectivity index (χ2v) is 7.96. The van der Waals surface area contributed by atoms with Gasteiger partial charge in [0.15, 0.2) is 0 Å². The predicted molar refractivity (Wildman–Crippen MR) is 92.7 cm³/mol. The molecule has 1 aromatic heterocycles. The van der Waals surface area contributed by atoms with Gasteiger partial charge in [0.25, 0.3) is 5.91 Å². The summed E-state index contributed by atoms with van der Waals surface area (Å²) in [7, 11) is 0. The van der Waals surface area contributed by atoms with Crippen molar-refractivity contribution >= 4 is 28.2 Å². The molecule has 6 heteroatoms. The average molecular weight is 335 g/mol. The summed E-state index contributed by atoms with van der Waals surface area (Å²) in [4.78, 5) is 27.9. The second-order valence-electron chi connectivity index (χ2n) is 6.86. The number of primary amides is 1. The first kappa shape index (κ1) is 16.5. The van der Waals surface area contributed by atoms with Crippen molar-refractivity contribution in [3.63, 3.8) is 0 Å². The predicted octanol–water partition coefficient (Wildman–Crippen LogP) is 2.74. The Labute approximate surface area is 141 Å². The van der Waals surface area contributed by atoms with E-state index in [1.807, 2.05) is 0 Å². The van der Waals surface area contributed by atoms with Crippen LogP contribution in [0.1, 0.15) is 60.3 Å². The Hall–Kier alpha value is -1.40. The van der Waals surface area contributed by atoms with Crippen LogP contribution in [-0.2, 0) is 17.8 Å². The van der Waals surface area contributed by atoms with Crippen molar-refractivity contribution < 1.29 is 9.59 Å². The maximum absolute atomic E-state index is 12.4. The highest BCUT2D eigenvalue weighted by molar-refractivity contribution is 7.17. The third-order valence-corrected chi connectivity index (χ3v) is 6.16. The van der Waals surface area contributed by atoms with Gasteiger partial charge in [0, 0.05) is 29.9 Å². The molecule has 2 aliphatic rings. The van der Waals surface area contributed by atoms with E-state index in [9.17, 15) is 9.59 Å². The van der Waals surface area contributed by atoms with Gasteiger partial charge in [0.1, 0.15) is 5.00 Å². The van der Waals surface area contributed by atoms with Crippen LogP contribution in [0.5, 0.6) is 0 Å². The van der Waals surface area contributed by atoms with E-state index in [0.29, 0.717) is 16.6 Å². The third kappa shape index (κ3) is 3.28. The van der Waals surface area contributed by atoms with Crippen LogP contribution in [0.4, 0.5) is 5.00 Å². The highest BCUT2D eigenvalue weighted by Crippen LogP contribution is 2.38. The molecule has 0 spiro atoms. The maximum atomic E-state index is 12.4. The Morgan fingerprint density at radius 1 is 1.30 bits per heavy atom. The molecule has 1 saturated carbocycles. The quantitative estimate of drug-likeness (QED) is 0.888. The molecule has 1 aliphatic heterocycles. The number of nitrogens with two attached hydrogens (primary N) is 1. The molecule has 2 heterocycles. The number of thiophene rings is 1. The molecule has 0 atom stereocenters. The first-order chi connectivity index (χ1) is 11.0. The summed E-state index contributed by atoms with van der Waals surface area (Å²) in [6.07, 6.45) is 4.95. The standard InChI is InChI=1S/C17H25N3O2S/c1-10(2)20-8-7-12-13(9-20)23-17(14(12)15(18)21)19-16(22)11-5-3-4-6-11/h10-11H,3-9H2,1-2H3,(H2,18,21)(H,19,22). The van der Waals surface area contributed by atoms with E-state index in [4.69, 9.17) is 5.73 Å². The van der Waals surface area contributed by atoms with Crippen molar-refractivity contribution in [1.29, 1.82) is 0 Å². The number of hydrogen-bond donors (Lipinski definition) is 2. The van der Waals surface area contributed by atoms with Crippen molar-refractivity contribution in [2.24, 2.45) is 11.7 Å². The number of nitrogens with zero attached hydrogens (tertiary/aromatic N) is 1. The molecular formula is C17H25N3O2S. The van der Waals surface area contributed by atoms with E-state index < -0.39 is 5.91 Å². The van der Waals surface area contributed by atoms with Gasteiger partial charge in [-0.05, 0) is 38.7 Å². The average Bonchev–Trinajstić information content (AvgIpc) is 3.13. The normalized spacial score (nSPS) is 19.1. The van der Waals surface area contributed by atoms with Gasteiger partial charge in [-0.2, -0.15) is 0 Å². The molecule has 0 unspecified atom stereocenters. The molecule has 0 bridgehead atoms. The first-order valence-corrected chi connectivity index (χ1v) is 9.28. The van der Waals surface area contributed by atoms with Gasteiger partial charge in [0.05, 0.1) is 5.56 Å². The lowest BCUT2D eigenvalue weighted by molar-refractivity contribution is -0.119. The Morgan fingerprint density at radius 2 is 2.00 bits per heavy atom. The Kier molecular flexibility index (Phi) is 4.73. The fraction of sp³-hybridized carbons (Fsp3) is 0.647. The summed E-state index contributed by atoms with van der Waals surface area (Å²) in [6.45, 7) is 6.11. The van der Waals surface area contributed by atoms with Crippen molar-refractivity contribution in [2.75, 3.05) is 11.9 Å². The molecule has 1 aromatic rings. The van der Waals surface area contributed by atoms with Gasteiger partial charge < -0.3 is 11.1 Å². The number of rotatable bonds is 4. The lowest BCUT2D eigenvalue weighted by atomic mass is 10.0. The number of fused-ring (bicyclic) bond motifs is 1. The van der Waals surface area contributed by atoms with Crippen LogP contribution in [0.15, 0.2) is 0 Å². The van der Waals surface area contributed by atoms with Crippen LogP contribution >= 0.6 is 11.3 Å². The summed E-state index contributed by atoms with van der Waals surface area (Å²) in [5, 5.41) is 3.65. The van der Waals surface area contributed by atoms with Crippen LogP contribution in [0, 0.1) is 5.92 Å². The number of amides is 2. The molecule has 0 radical (unpaired) electrons. The molecule has 2 amide bonds. The second kappa shape index (κ2) is 6.61. The van der Waals surface area contributed by atoms with Crippen molar-refractivity contribution in [1.82, 2.24) is 4.90 Å². The van der Waals surface area contributed by atoms with E-state index in [-0.39, 0.29) is 11.8 Å². The minimum Gasteiger partial charge on any atom is -0.365 e. The number of carbonyl (C=O) groups is 2. The largest absolute Gasteiger partial charge is 0.365 e. The zero-order valence-corrected chi connectivity index (χ0v) is 14.7. The molecule has 1 aliphatic carbocycles. The fourth-order valence-corrected chi connectivity index (χ4v) is 4.90. The van der Waals surface area contributed by atoms with Crippen LogP contribution < -0.4 is 11.1 Å². The Morgan fingerprint density at radius 3 is 2.61 bits per heavy atom. The zero-order valence-electron chi connectivity index (χ0n) is 13.9. The van der Waals surface area contributed by atoms with E-state index in [0.717, 1.165) is 50.8 Å². The first-order valence-electron chi connectivity index (χ1n) is 8.46. The molecule has 0 saturated heterocycles. The Bertz CT molecular complexity index is 618. The zero-order chi connectivity index (χ0) is 16.6. The molecule has 23 heavy (non-hydrogen) atoms. The topological polar surface area (TPSA) is 75.4 Å². The van der Waals surface area contributed by atoms with Crippen LogP contribution in [0.3, 0.4) is 0 Å². The van der Waals surface area contributed by atoms with Gasteiger partial charge in [-0.1, -0.05) is 12.8 Å². The number of hydrogen-bond acceptors (Lipinski definition) is 4. The summed E-state index contributed by atoms with van der Waals surface area (Å²) in [6, 6.07) is 0.471. The van der Waals surface area contributed by atoms with E-state index in [1.165, 1.54) is 16.2 Å². The van der Waals surface area contributed by atoms with Crippen LogP contribution in [0.25, 0.3) is 0 Å². The van der Waals surface area contributed by atoms with Gasteiger partial charge in [-0.3, -0.25) is 14.5 Å². The molecule has 3 N–H and O–H groups in total. The number of nitrogens with one attached hydrogen (secondary N) is 1. The summed E-state index contributed by atoms with van der Waals surface area (Å²) in [5.41, 5.74) is 7.19. The number of carbonyl (C=O) groups excluding carboxylic acids is 2. The summed E-state index contributed by atoms with van der Waals surface area (Å²) >= 11 is 1.52. The van der Waals surface area contributed by atoms with Crippen molar-refractivity contribution in [3.8, 4) is 0 Å². The molecule has 0 aromatic carbocycles. The third-order valence-electron chi connectivity index (χ3n) is 5.03.